The monoisotopic (exact) mass is 389 g/mol. The SMILES string of the molecule is O=C(NCCc1c[nH]c2ccccc12)Nc1cccc(OCCn2cccn2)c1. The maximum atomic E-state index is 12.2. The summed E-state index contributed by atoms with van der Waals surface area (Å²) in [6.07, 6.45) is 6.38. The molecule has 4 aromatic rings. The molecule has 7 nitrogen and oxygen atoms in total. The van der Waals surface area contributed by atoms with Crippen LogP contribution in [0.3, 0.4) is 0 Å². The Morgan fingerprint density at radius 3 is 2.97 bits per heavy atom. The quantitative estimate of drug-likeness (QED) is 0.428. The van der Waals surface area contributed by atoms with E-state index in [0.29, 0.717) is 31.1 Å². The van der Waals surface area contributed by atoms with Crippen molar-refractivity contribution in [3.8, 4) is 5.75 Å². The van der Waals surface area contributed by atoms with Crippen LogP contribution in [-0.4, -0.2) is 33.9 Å². The number of carbonyl (C=O) groups is 1. The highest BCUT2D eigenvalue weighted by Crippen LogP contribution is 2.18. The summed E-state index contributed by atoms with van der Waals surface area (Å²) < 4.78 is 7.55. The third-order valence-electron chi connectivity index (χ3n) is 4.60. The fourth-order valence-electron chi connectivity index (χ4n) is 3.18. The Bertz CT molecular complexity index is 1070. The number of nitrogens with zero attached hydrogens (tertiary/aromatic N) is 2. The molecule has 0 fully saturated rings. The van der Waals surface area contributed by atoms with Crippen LogP contribution in [0.4, 0.5) is 10.5 Å². The number of ether oxygens (including phenoxy) is 1. The minimum Gasteiger partial charge on any atom is -0.492 e. The van der Waals surface area contributed by atoms with Crippen LogP contribution in [0.2, 0.25) is 0 Å². The van der Waals surface area contributed by atoms with E-state index in [1.54, 1.807) is 6.20 Å². The van der Waals surface area contributed by atoms with Crippen molar-refractivity contribution in [2.45, 2.75) is 13.0 Å². The van der Waals surface area contributed by atoms with Crippen molar-refractivity contribution >= 4 is 22.6 Å². The van der Waals surface area contributed by atoms with E-state index in [9.17, 15) is 4.79 Å². The molecule has 0 atom stereocenters. The molecule has 2 heterocycles. The van der Waals surface area contributed by atoms with Gasteiger partial charge in [0.15, 0.2) is 0 Å². The Morgan fingerprint density at radius 1 is 1.14 bits per heavy atom. The van der Waals surface area contributed by atoms with Gasteiger partial charge >= 0.3 is 6.03 Å². The summed E-state index contributed by atoms with van der Waals surface area (Å²) in [6.45, 7) is 1.72. The Morgan fingerprint density at radius 2 is 2.07 bits per heavy atom. The van der Waals surface area contributed by atoms with Gasteiger partial charge in [-0.1, -0.05) is 24.3 Å². The van der Waals surface area contributed by atoms with Gasteiger partial charge in [-0.3, -0.25) is 4.68 Å². The average Bonchev–Trinajstić information content (AvgIpc) is 3.39. The van der Waals surface area contributed by atoms with E-state index in [4.69, 9.17) is 4.74 Å². The van der Waals surface area contributed by atoms with E-state index in [1.807, 2.05) is 65.6 Å². The normalized spacial score (nSPS) is 10.8. The van der Waals surface area contributed by atoms with Gasteiger partial charge in [-0.05, 0) is 36.2 Å². The zero-order valence-electron chi connectivity index (χ0n) is 16.0. The van der Waals surface area contributed by atoms with E-state index in [1.165, 1.54) is 10.9 Å². The summed E-state index contributed by atoms with van der Waals surface area (Å²) in [7, 11) is 0. The lowest BCUT2D eigenvalue weighted by Crippen LogP contribution is -2.30. The number of aromatic amines is 1. The fraction of sp³-hybridized carbons (Fsp3) is 0.182. The standard InChI is InChI=1S/C22H23N5O2/c28-22(23-11-9-17-16-24-21-8-2-1-7-20(17)21)26-18-5-3-6-19(15-18)29-14-13-27-12-4-10-25-27/h1-8,10,12,15-16,24H,9,11,13-14H2,(H2,23,26,28). The second-order valence-electron chi connectivity index (χ2n) is 6.64. The largest absolute Gasteiger partial charge is 0.492 e. The molecule has 148 valence electrons. The number of carbonyl (C=O) groups excluding carboxylic acids is 1. The first kappa shape index (κ1) is 18.6. The van der Waals surface area contributed by atoms with Crippen molar-refractivity contribution in [2.24, 2.45) is 0 Å². The summed E-state index contributed by atoms with van der Waals surface area (Å²) in [6, 6.07) is 17.1. The third-order valence-corrected chi connectivity index (χ3v) is 4.60. The molecule has 0 aliphatic carbocycles. The molecule has 0 aliphatic rings. The molecule has 3 N–H and O–H groups in total. The number of anilines is 1. The number of H-pyrrole nitrogens is 1. The lowest BCUT2D eigenvalue weighted by molar-refractivity contribution is 0.252. The first-order valence-electron chi connectivity index (χ1n) is 9.58. The van der Waals surface area contributed by atoms with Crippen LogP contribution in [0.25, 0.3) is 10.9 Å². The number of hydrogen-bond acceptors (Lipinski definition) is 3. The molecule has 29 heavy (non-hydrogen) atoms. The molecular weight excluding hydrogens is 366 g/mol. The van der Waals surface area contributed by atoms with E-state index < -0.39 is 0 Å². The summed E-state index contributed by atoms with van der Waals surface area (Å²) in [4.78, 5) is 15.5. The zero-order chi connectivity index (χ0) is 19.9. The molecular formula is C22H23N5O2. The number of urea groups is 1. The molecule has 0 spiro atoms. The number of amides is 2. The minimum atomic E-state index is -0.237. The second-order valence-corrected chi connectivity index (χ2v) is 6.64. The van der Waals surface area contributed by atoms with Crippen LogP contribution < -0.4 is 15.4 Å². The molecule has 7 heteroatoms. The number of benzene rings is 2. The van der Waals surface area contributed by atoms with Crippen molar-refractivity contribution < 1.29 is 9.53 Å². The molecule has 0 unspecified atom stereocenters. The lowest BCUT2D eigenvalue weighted by atomic mass is 10.1. The predicted molar refractivity (Wildman–Crippen MR) is 113 cm³/mol. The smallest absolute Gasteiger partial charge is 0.319 e. The molecule has 0 saturated heterocycles. The summed E-state index contributed by atoms with van der Waals surface area (Å²) in [5.74, 6) is 0.703. The highest BCUT2D eigenvalue weighted by molar-refractivity contribution is 5.89. The molecule has 0 saturated carbocycles. The summed E-state index contributed by atoms with van der Waals surface area (Å²) in [5.41, 5.74) is 2.98. The van der Waals surface area contributed by atoms with Gasteiger partial charge in [-0.25, -0.2) is 4.79 Å². The van der Waals surface area contributed by atoms with E-state index in [-0.39, 0.29) is 6.03 Å². The average molecular weight is 389 g/mol. The number of rotatable bonds is 8. The number of aromatic nitrogens is 3. The van der Waals surface area contributed by atoms with Crippen molar-refractivity contribution in [3.05, 3.63) is 78.8 Å². The fourth-order valence-corrected chi connectivity index (χ4v) is 3.18. The minimum absolute atomic E-state index is 0.237. The van der Waals surface area contributed by atoms with Crippen molar-refractivity contribution in [1.82, 2.24) is 20.1 Å². The predicted octanol–water partition coefficient (Wildman–Crippen LogP) is 3.81. The van der Waals surface area contributed by atoms with Gasteiger partial charge in [0.25, 0.3) is 0 Å². The topological polar surface area (TPSA) is 84.0 Å². The van der Waals surface area contributed by atoms with Crippen LogP contribution in [0.5, 0.6) is 5.75 Å². The number of para-hydroxylation sites is 1. The van der Waals surface area contributed by atoms with E-state index in [0.717, 1.165) is 11.9 Å². The molecule has 2 aromatic carbocycles. The van der Waals surface area contributed by atoms with Crippen LogP contribution in [0, 0.1) is 0 Å². The number of hydrogen-bond donors (Lipinski definition) is 3. The van der Waals surface area contributed by atoms with Crippen molar-refractivity contribution in [1.29, 1.82) is 0 Å². The van der Waals surface area contributed by atoms with Gasteiger partial charge in [-0.2, -0.15) is 5.10 Å². The third kappa shape index (κ3) is 4.95. The van der Waals surface area contributed by atoms with Crippen molar-refractivity contribution in [2.75, 3.05) is 18.5 Å². The number of fused-ring (bicyclic) bond motifs is 1. The first-order valence-corrected chi connectivity index (χ1v) is 9.58. The van der Waals surface area contributed by atoms with Crippen LogP contribution in [-0.2, 0) is 13.0 Å². The lowest BCUT2D eigenvalue weighted by Gasteiger charge is -2.10. The van der Waals surface area contributed by atoms with Gasteiger partial charge in [0, 0.05) is 47.8 Å². The zero-order valence-corrected chi connectivity index (χ0v) is 16.0. The van der Waals surface area contributed by atoms with E-state index >= 15 is 0 Å². The van der Waals surface area contributed by atoms with Gasteiger partial charge in [0.1, 0.15) is 12.4 Å². The highest BCUT2D eigenvalue weighted by atomic mass is 16.5. The van der Waals surface area contributed by atoms with Gasteiger partial charge in [0.2, 0.25) is 0 Å². The maximum absolute atomic E-state index is 12.2. The molecule has 0 aliphatic heterocycles. The highest BCUT2D eigenvalue weighted by Gasteiger charge is 2.06. The summed E-state index contributed by atoms with van der Waals surface area (Å²) in [5, 5.41) is 11.1. The van der Waals surface area contributed by atoms with Crippen molar-refractivity contribution in [3.63, 3.8) is 0 Å². The molecule has 4 rings (SSSR count). The van der Waals surface area contributed by atoms with Gasteiger partial charge in [0.05, 0.1) is 6.54 Å². The first-order chi connectivity index (χ1) is 14.3. The van der Waals surface area contributed by atoms with E-state index in [2.05, 4.69) is 26.8 Å². The maximum Gasteiger partial charge on any atom is 0.319 e. The second kappa shape index (κ2) is 8.97. The molecule has 0 bridgehead atoms. The van der Waals surface area contributed by atoms with Crippen LogP contribution in [0.1, 0.15) is 5.56 Å². The molecule has 0 radical (unpaired) electrons. The van der Waals surface area contributed by atoms with Crippen LogP contribution >= 0.6 is 0 Å². The molecule has 2 amide bonds. The van der Waals surface area contributed by atoms with Crippen LogP contribution in [0.15, 0.2) is 73.2 Å². The Labute approximate surface area is 168 Å². The van der Waals surface area contributed by atoms with Gasteiger partial charge in [-0.15, -0.1) is 0 Å². The Kier molecular flexibility index (Phi) is 5.76. The van der Waals surface area contributed by atoms with Gasteiger partial charge < -0.3 is 20.4 Å². The number of nitrogens with one attached hydrogen (secondary N) is 3. The Balaban J connectivity index is 1.24. The summed E-state index contributed by atoms with van der Waals surface area (Å²) >= 11 is 0. The molecule has 2 aromatic heterocycles. The Hall–Kier alpha value is -3.74.